The Kier molecular flexibility index (Phi) is 7.30. The predicted octanol–water partition coefficient (Wildman–Crippen LogP) is 3.79. The first kappa shape index (κ1) is 23.5. The zero-order valence-corrected chi connectivity index (χ0v) is 15.7. The van der Waals surface area contributed by atoms with Crippen LogP contribution in [0.15, 0.2) is 42.6 Å². The van der Waals surface area contributed by atoms with Gasteiger partial charge >= 0.3 is 12.4 Å². The maximum atomic E-state index is 13.1. The minimum absolute atomic E-state index is 0.102. The minimum atomic E-state index is -4.57. The smallest absolute Gasteiger partial charge is 0.422 e. The number of ether oxygens (including phenoxy) is 1. The summed E-state index contributed by atoms with van der Waals surface area (Å²) in [4.78, 5) is 16.2. The molecular weight excluding hydrogens is 416 g/mol. The highest BCUT2D eigenvalue weighted by Crippen LogP contribution is 2.32. The van der Waals surface area contributed by atoms with Gasteiger partial charge in [0.05, 0.1) is 29.5 Å². The molecule has 1 heterocycles. The summed E-state index contributed by atoms with van der Waals surface area (Å²) in [6, 6.07) is 5.52. The van der Waals surface area contributed by atoms with Crippen molar-refractivity contribution in [3.05, 3.63) is 59.4 Å². The number of aromatic nitrogens is 1. The Labute approximate surface area is 168 Å². The SMILES string of the molecule is CC(NC(=O)C(N)Cc1ccccc1C(F)(F)F)c1ccc(OCC(F)(F)F)cn1. The molecule has 0 aliphatic heterocycles. The maximum absolute atomic E-state index is 13.1. The zero-order valence-electron chi connectivity index (χ0n) is 15.7. The number of rotatable bonds is 7. The molecule has 0 fully saturated rings. The number of benzene rings is 1. The van der Waals surface area contributed by atoms with Gasteiger partial charge < -0.3 is 15.8 Å². The molecule has 164 valence electrons. The quantitative estimate of drug-likeness (QED) is 0.649. The van der Waals surface area contributed by atoms with E-state index in [9.17, 15) is 31.1 Å². The van der Waals surface area contributed by atoms with E-state index in [-0.39, 0.29) is 17.7 Å². The van der Waals surface area contributed by atoms with Crippen molar-refractivity contribution >= 4 is 5.91 Å². The summed E-state index contributed by atoms with van der Waals surface area (Å²) in [5.74, 6) is -0.797. The number of nitrogens with zero attached hydrogens (tertiary/aromatic N) is 1. The molecule has 0 radical (unpaired) electrons. The van der Waals surface area contributed by atoms with Crippen LogP contribution in [0.4, 0.5) is 26.3 Å². The molecule has 30 heavy (non-hydrogen) atoms. The Morgan fingerprint density at radius 1 is 1.13 bits per heavy atom. The summed E-state index contributed by atoms with van der Waals surface area (Å²) in [5, 5.41) is 2.52. The second-order valence-corrected chi connectivity index (χ2v) is 6.52. The predicted molar refractivity (Wildman–Crippen MR) is 95.5 cm³/mol. The Bertz CT molecular complexity index is 853. The van der Waals surface area contributed by atoms with E-state index in [1.165, 1.54) is 30.3 Å². The number of carbonyl (C=O) groups is 1. The molecule has 2 aromatic rings. The molecule has 5 nitrogen and oxygen atoms in total. The van der Waals surface area contributed by atoms with Gasteiger partial charge in [-0.3, -0.25) is 9.78 Å². The van der Waals surface area contributed by atoms with Crippen molar-refractivity contribution < 1.29 is 35.9 Å². The summed E-state index contributed by atoms with van der Waals surface area (Å²) in [6.45, 7) is 0.0847. The fourth-order valence-corrected chi connectivity index (χ4v) is 2.60. The van der Waals surface area contributed by atoms with Crippen molar-refractivity contribution in [3.8, 4) is 5.75 Å². The van der Waals surface area contributed by atoms with Crippen LogP contribution in [0.5, 0.6) is 5.75 Å². The average molecular weight is 435 g/mol. The number of halogens is 6. The third kappa shape index (κ3) is 6.90. The molecular formula is C19H19F6N3O2. The van der Waals surface area contributed by atoms with Gasteiger partial charge in [0, 0.05) is 0 Å². The van der Waals surface area contributed by atoms with Gasteiger partial charge in [-0.05, 0) is 37.1 Å². The van der Waals surface area contributed by atoms with Gasteiger partial charge in [-0.25, -0.2) is 0 Å². The molecule has 2 atom stereocenters. The monoisotopic (exact) mass is 435 g/mol. The molecule has 0 spiro atoms. The number of hydrogen-bond donors (Lipinski definition) is 2. The third-order valence-corrected chi connectivity index (χ3v) is 4.06. The standard InChI is InChI=1S/C19H19F6N3O2/c1-11(16-7-6-13(9-27-16)30-10-18(20,21)22)28-17(29)15(26)8-12-4-2-3-5-14(12)19(23,24)25/h2-7,9,11,15H,8,10,26H2,1H3,(H,28,29). The van der Waals surface area contributed by atoms with Crippen molar-refractivity contribution in [2.75, 3.05) is 6.61 Å². The number of nitrogens with two attached hydrogens (primary N) is 1. The second-order valence-electron chi connectivity index (χ2n) is 6.52. The molecule has 2 unspecified atom stereocenters. The fraction of sp³-hybridized carbons (Fsp3) is 0.368. The summed E-state index contributed by atoms with van der Waals surface area (Å²) in [7, 11) is 0. The average Bonchev–Trinajstić information content (AvgIpc) is 2.65. The third-order valence-electron chi connectivity index (χ3n) is 4.06. The molecule has 0 aliphatic rings. The van der Waals surface area contributed by atoms with E-state index in [0.29, 0.717) is 5.69 Å². The molecule has 1 amide bonds. The lowest BCUT2D eigenvalue weighted by Crippen LogP contribution is -2.43. The van der Waals surface area contributed by atoms with Crippen LogP contribution in [0.25, 0.3) is 0 Å². The van der Waals surface area contributed by atoms with Gasteiger partial charge in [-0.2, -0.15) is 26.3 Å². The lowest BCUT2D eigenvalue weighted by Gasteiger charge is -2.19. The van der Waals surface area contributed by atoms with Gasteiger partial charge in [-0.15, -0.1) is 0 Å². The van der Waals surface area contributed by atoms with E-state index in [0.717, 1.165) is 12.3 Å². The molecule has 2 rings (SSSR count). The van der Waals surface area contributed by atoms with Crippen LogP contribution in [0.3, 0.4) is 0 Å². The fourth-order valence-electron chi connectivity index (χ4n) is 2.60. The Hall–Kier alpha value is -2.82. The van der Waals surface area contributed by atoms with Crippen LogP contribution in [0, 0.1) is 0 Å². The number of alkyl halides is 6. The Balaban J connectivity index is 1.97. The molecule has 0 saturated carbocycles. The van der Waals surface area contributed by atoms with Crippen LogP contribution in [0.2, 0.25) is 0 Å². The maximum Gasteiger partial charge on any atom is 0.422 e. The number of amides is 1. The lowest BCUT2D eigenvalue weighted by molar-refractivity contribution is -0.153. The van der Waals surface area contributed by atoms with E-state index < -0.39 is 42.5 Å². The van der Waals surface area contributed by atoms with Gasteiger partial charge in [0.2, 0.25) is 5.91 Å². The molecule has 0 aliphatic carbocycles. The Morgan fingerprint density at radius 3 is 2.37 bits per heavy atom. The van der Waals surface area contributed by atoms with Crippen LogP contribution < -0.4 is 15.8 Å². The lowest BCUT2D eigenvalue weighted by atomic mass is 9.99. The zero-order chi connectivity index (χ0) is 22.5. The van der Waals surface area contributed by atoms with E-state index in [1.807, 2.05) is 0 Å². The molecule has 0 saturated heterocycles. The summed E-state index contributed by atoms with van der Waals surface area (Å²) in [6.07, 6.45) is -8.31. The summed E-state index contributed by atoms with van der Waals surface area (Å²) >= 11 is 0. The first-order chi connectivity index (χ1) is 13.9. The molecule has 3 N–H and O–H groups in total. The summed E-state index contributed by atoms with van der Waals surface area (Å²) < 4.78 is 80.2. The number of nitrogens with one attached hydrogen (secondary N) is 1. The Morgan fingerprint density at radius 2 is 1.80 bits per heavy atom. The molecule has 11 heteroatoms. The first-order valence-electron chi connectivity index (χ1n) is 8.73. The molecule has 1 aromatic carbocycles. The van der Waals surface area contributed by atoms with Crippen molar-refractivity contribution in [2.45, 2.75) is 37.8 Å². The van der Waals surface area contributed by atoms with Crippen LogP contribution in [-0.2, 0) is 17.4 Å². The van der Waals surface area contributed by atoms with Crippen molar-refractivity contribution in [3.63, 3.8) is 0 Å². The van der Waals surface area contributed by atoms with E-state index in [4.69, 9.17) is 5.73 Å². The second kappa shape index (κ2) is 9.33. The van der Waals surface area contributed by atoms with Crippen molar-refractivity contribution in [1.29, 1.82) is 0 Å². The highest BCUT2D eigenvalue weighted by atomic mass is 19.4. The van der Waals surface area contributed by atoms with Gasteiger partial charge in [0.25, 0.3) is 0 Å². The van der Waals surface area contributed by atoms with E-state index >= 15 is 0 Å². The van der Waals surface area contributed by atoms with Gasteiger partial charge in [0.15, 0.2) is 6.61 Å². The molecule has 0 bridgehead atoms. The highest BCUT2D eigenvalue weighted by Gasteiger charge is 2.33. The van der Waals surface area contributed by atoms with Gasteiger partial charge in [0.1, 0.15) is 5.75 Å². The number of hydrogen-bond acceptors (Lipinski definition) is 4. The van der Waals surface area contributed by atoms with E-state index in [1.54, 1.807) is 6.92 Å². The minimum Gasteiger partial charge on any atom is -0.483 e. The number of pyridine rings is 1. The highest BCUT2D eigenvalue weighted by molar-refractivity contribution is 5.82. The van der Waals surface area contributed by atoms with Crippen molar-refractivity contribution in [1.82, 2.24) is 10.3 Å². The first-order valence-corrected chi connectivity index (χ1v) is 8.73. The summed E-state index contributed by atoms with van der Waals surface area (Å²) in [5.41, 5.74) is 5.11. The van der Waals surface area contributed by atoms with E-state index in [2.05, 4.69) is 15.0 Å². The molecule has 1 aromatic heterocycles. The topological polar surface area (TPSA) is 77.2 Å². The van der Waals surface area contributed by atoms with Crippen LogP contribution >= 0.6 is 0 Å². The van der Waals surface area contributed by atoms with Crippen LogP contribution in [-0.4, -0.2) is 29.7 Å². The number of carbonyl (C=O) groups excluding carboxylic acids is 1. The van der Waals surface area contributed by atoms with Crippen LogP contribution in [0.1, 0.15) is 29.8 Å². The largest absolute Gasteiger partial charge is 0.483 e. The normalized spacial score (nSPS) is 14.1. The van der Waals surface area contributed by atoms with Gasteiger partial charge in [-0.1, -0.05) is 18.2 Å². The van der Waals surface area contributed by atoms with Crippen molar-refractivity contribution in [2.24, 2.45) is 5.73 Å².